The van der Waals surface area contributed by atoms with E-state index >= 15 is 0 Å². The molecule has 1 aromatic rings. The number of nitrogens with two attached hydrogens (primary N) is 1. The smallest absolute Gasteiger partial charge is 0.228 e. The molecule has 100 valence electrons. The van der Waals surface area contributed by atoms with Gasteiger partial charge in [-0.15, -0.1) is 0 Å². The van der Waals surface area contributed by atoms with Gasteiger partial charge in [0.15, 0.2) is 0 Å². The molecule has 0 heterocycles. The highest BCUT2D eigenvalue weighted by molar-refractivity contribution is 7.98. The number of unbranched alkanes of at least 4 members (excludes halogenated alkanes) is 1. The van der Waals surface area contributed by atoms with Gasteiger partial charge < -0.3 is 11.1 Å². The molecule has 0 aromatic heterocycles. The van der Waals surface area contributed by atoms with Crippen molar-refractivity contribution in [3.8, 4) is 0 Å². The summed E-state index contributed by atoms with van der Waals surface area (Å²) in [6.07, 6.45) is 4.26. The first-order chi connectivity index (χ1) is 8.79. The minimum absolute atomic E-state index is 0.0350. The van der Waals surface area contributed by atoms with Gasteiger partial charge in [0.05, 0.1) is 5.92 Å². The summed E-state index contributed by atoms with van der Waals surface area (Å²) in [7, 11) is 0. The first-order valence-corrected chi connectivity index (χ1v) is 7.70. The van der Waals surface area contributed by atoms with Gasteiger partial charge in [0.25, 0.3) is 0 Å². The first kappa shape index (κ1) is 15.1. The predicted molar refractivity (Wildman–Crippen MR) is 78.9 cm³/mol. The van der Waals surface area contributed by atoms with E-state index in [1.54, 1.807) is 0 Å². The van der Waals surface area contributed by atoms with Crippen LogP contribution in [0.2, 0.25) is 0 Å². The molecule has 1 rings (SSSR count). The summed E-state index contributed by atoms with van der Waals surface area (Å²) in [5, 5.41) is 2.96. The predicted octanol–water partition coefficient (Wildman–Crippen LogP) is 1.99. The van der Waals surface area contributed by atoms with Crippen molar-refractivity contribution in [3.05, 3.63) is 35.9 Å². The molecule has 0 saturated heterocycles. The van der Waals surface area contributed by atoms with Gasteiger partial charge in [-0.25, -0.2) is 0 Å². The Labute approximate surface area is 114 Å². The first-order valence-electron chi connectivity index (χ1n) is 6.31. The average Bonchev–Trinajstić information content (AvgIpc) is 2.40. The van der Waals surface area contributed by atoms with Crippen molar-refractivity contribution in [2.24, 2.45) is 5.73 Å². The summed E-state index contributed by atoms with van der Waals surface area (Å²) >= 11 is 1.84. The molecule has 3 N–H and O–H groups in total. The number of rotatable bonds is 8. The molecule has 0 radical (unpaired) electrons. The van der Waals surface area contributed by atoms with Crippen molar-refractivity contribution in [1.82, 2.24) is 5.32 Å². The van der Waals surface area contributed by atoms with E-state index in [4.69, 9.17) is 5.73 Å². The molecule has 0 aliphatic carbocycles. The van der Waals surface area contributed by atoms with Gasteiger partial charge in [0.2, 0.25) is 5.91 Å². The molecule has 0 fully saturated rings. The van der Waals surface area contributed by atoms with Crippen molar-refractivity contribution < 1.29 is 4.79 Å². The molecule has 0 spiro atoms. The maximum absolute atomic E-state index is 12.0. The quantitative estimate of drug-likeness (QED) is 0.708. The van der Waals surface area contributed by atoms with Gasteiger partial charge in [-0.05, 0) is 30.4 Å². The van der Waals surface area contributed by atoms with Gasteiger partial charge in [0, 0.05) is 13.1 Å². The lowest BCUT2D eigenvalue weighted by molar-refractivity contribution is -0.122. The van der Waals surface area contributed by atoms with Crippen LogP contribution in [0.4, 0.5) is 0 Å². The third-order valence-corrected chi connectivity index (χ3v) is 3.53. The zero-order chi connectivity index (χ0) is 13.2. The SMILES string of the molecule is CSCCCCNC(=O)C(CN)c1ccccc1. The number of hydrogen-bond donors (Lipinski definition) is 2. The highest BCUT2D eigenvalue weighted by Crippen LogP contribution is 2.14. The molecule has 1 unspecified atom stereocenters. The van der Waals surface area contributed by atoms with Crippen LogP contribution in [0.5, 0.6) is 0 Å². The molecule has 0 bridgehead atoms. The third-order valence-electron chi connectivity index (χ3n) is 2.83. The number of thioether (sulfide) groups is 1. The standard InChI is InChI=1S/C14H22N2OS/c1-18-10-6-5-9-16-14(17)13(11-15)12-7-3-2-4-8-12/h2-4,7-8,13H,5-6,9-11,15H2,1H3,(H,16,17). The van der Waals surface area contributed by atoms with Crippen LogP contribution >= 0.6 is 11.8 Å². The second-order valence-electron chi connectivity index (χ2n) is 4.19. The highest BCUT2D eigenvalue weighted by atomic mass is 32.2. The van der Waals surface area contributed by atoms with Crippen LogP contribution < -0.4 is 11.1 Å². The second-order valence-corrected chi connectivity index (χ2v) is 5.18. The zero-order valence-corrected chi connectivity index (χ0v) is 11.7. The Hall–Kier alpha value is -1.00. The largest absolute Gasteiger partial charge is 0.356 e. The number of amides is 1. The van der Waals surface area contributed by atoms with E-state index in [0.29, 0.717) is 6.54 Å². The normalized spacial score (nSPS) is 12.1. The van der Waals surface area contributed by atoms with Crippen LogP contribution in [-0.2, 0) is 4.79 Å². The van der Waals surface area contributed by atoms with E-state index in [2.05, 4.69) is 11.6 Å². The van der Waals surface area contributed by atoms with E-state index in [1.807, 2.05) is 42.1 Å². The van der Waals surface area contributed by atoms with Crippen molar-refractivity contribution in [2.45, 2.75) is 18.8 Å². The van der Waals surface area contributed by atoms with Crippen LogP contribution in [0.25, 0.3) is 0 Å². The van der Waals surface area contributed by atoms with E-state index in [-0.39, 0.29) is 11.8 Å². The fourth-order valence-electron chi connectivity index (χ4n) is 1.79. The van der Waals surface area contributed by atoms with Crippen LogP contribution in [-0.4, -0.2) is 31.0 Å². The molecule has 0 saturated carbocycles. The minimum Gasteiger partial charge on any atom is -0.356 e. The molecular formula is C14H22N2OS. The maximum Gasteiger partial charge on any atom is 0.228 e. The van der Waals surface area contributed by atoms with Crippen molar-refractivity contribution in [1.29, 1.82) is 0 Å². The maximum atomic E-state index is 12.0. The molecule has 0 aliphatic rings. The zero-order valence-electron chi connectivity index (χ0n) is 10.9. The van der Waals surface area contributed by atoms with Gasteiger partial charge in [-0.1, -0.05) is 30.3 Å². The molecule has 0 aliphatic heterocycles. The molecule has 18 heavy (non-hydrogen) atoms. The number of carbonyl (C=O) groups excluding carboxylic acids is 1. The molecule has 1 aromatic carbocycles. The minimum atomic E-state index is -0.230. The number of carbonyl (C=O) groups is 1. The third kappa shape index (κ3) is 5.10. The van der Waals surface area contributed by atoms with E-state index < -0.39 is 0 Å². The average molecular weight is 266 g/mol. The highest BCUT2D eigenvalue weighted by Gasteiger charge is 2.17. The molecule has 4 heteroatoms. The number of nitrogens with one attached hydrogen (secondary N) is 1. The summed E-state index contributed by atoms with van der Waals surface area (Å²) in [6.45, 7) is 1.09. The van der Waals surface area contributed by atoms with Crippen molar-refractivity contribution in [2.75, 3.05) is 25.1 Å². The molecule has 1 atom stereocenters. The Kier molecular flexibility index (Phi) is 7.53. The molecular weight excluding hydrogens is 244 g/mol. The van der Waals surface area contributed by atoms with E-state index in [9.17, 15) is 4.79 Å². The van der Waals surface area contributed by atoms with Gasteiger partial charge >= 0.3 is 0 Å². The topological polar surface area (TPSA) is 55.1 Å². The summed E-state index contributed by atoms with van der Waals surface area (Å²) < 4.78 is 0. The lowest BCUT2D eigenvalue weighted by Gasteiger charge is -2.15. The van der Waals surface area contributed by atoms with Crippen molar-refractivity contribution >= 4 is 17.7 Å². The second kappa shape index (κ2) is 9.00. The Balaban J connectivity index is 2.39. The lowest BCUT2D eigenvalue weighted by Crippen LogP contribution is -2.34. The fourth-order valence-corrected chi connectivity index (χ4v) is 2.28. The van der Waals surface area contributed by atoms with Crippen LogP contribution in [0, 0.1) is 0 Å². The Morgan fingerprint density at radius 3 is 2.67 bits per heavy atom. The summed E-state index contributed by atoms with van der Waals surface area (Å²) in [4.78, 5) is 12.0. The van der Waals surface area contributed by atoms with Crippen molar-refractivity contribution in [3.63, 3.8) is 0 Å². The number of hydrogen-bond acceptors (Lipinski definition) is 3. The Morgan fingerprint density at radius 1 is 1.33 bits per heavy atom. The van der Waals surface area contributed by atoms with Crippen LogP contribution in [0.1, 0.15) is 24.3 Å². The van der Waals surface area contributed by atoms with Gasteiger partial charge in [-0.3, -0.25) is 4.79 Å². The number of benzene rings is 1. The fraction of sp³-hybridized carbons (Fsp3) is 0.500. The summed E-state index contributed by atoms with van der Waals surface area (Å²) in [5.41, 5.74) is 6.68. The Bertz CT molecular complexity index is 343. The molecule has 1 amide bonds. The molecule has 3 nitrogen and oxygen atoms in total. The van der Waals surface area contributed by atoms with Crippen LogP contribution in [0.3, 0.4) is 0 Å². The lowest BCUT2D eigenvalue weighted by atomic mass is 9.98. The van der Waals surface area contributed by atoms with Gasteiger partial charge in [-0.2, -0.15) is 11.8 Å². The van der Waals surface area contributed by atoms with Gasteiger partial charge in [0.1, 0.15) is 0 Å². The monoisotopic (exact) mass is 266 g/mol. The summed E-state index contributed by atoms with van der Waals surface area (Å²) in [6, 6.07) is 9.71. The Morgan fingerprint density at radius 2 is 2.06 bits per heavy atom. The van der Waals surface area contributed by atoms with E-state index in [1.165, 1.54) is 0 Å². The van der Waals surface area contributed by atoms with Crippen LogP contribution in [0.15, 0.2) is 30.3 Å². The van der Waals surface area contributed by atoms with E-state index in [0.717, 1.165) is 30.7 Å². The summed E-state index contributed by atoms with van der Waals surface area (Å²) in [5.74, 6) is 0.953.